The van der Waals surface area contributed by atoms with Crippen molar-refractivity contribution in [1.29, 1.82) is 0 Å². The van der Waals surface area contributed by atoms with Gasteiger partial charge in [-0.15, -0.1) is 0 Å². The minimum absolute atomic E-state index is 1.32. The molecule has 2 heteroatoms. The molecule has 0 aliphatic carbocycles. The summed E-state index contributed by atoms with van der Waals surface area (Å²) in [6.07, 6.45) is 1.50. The van der Waals surface area contributed by atoms with Crippen molar-refractivity contribution in [2.24, 2.45) is 0 Å². The van der Waals surface area contributed by atoms with Crippen LogP contribution in [0.5, 0.6) is 0 Å². The van der Waals surface area contributed by atoms with Crippen LogP contribution in [0, 0.1) is 0 Å². The predicted octanol–water partition coefficient (Wildman–Crippen LogP) is 0.0812. The molecule has 0 saturated carbocycles. The molecular weight excluding hydrogens is 104 g/mol. The van der Waals surface area contributed by atoms with E-state index in [2.05, 4.69) is 21.2 Å². The van der Waals surface area contributed by atoms with Crippen molar-refractivity contribution in [2.45, 2.75) is 6.92 Å². The fraction of sp³-hybridized carbons (Fsp3) is 0.333. The second-order valence-corrected chi connectivity index (χ2v) is 0.204. The summed E-state index contributed by atoms with van der Waals surface area (Å²) in [6.45, 7) is 1.32. The average molecular weight is 109 g/mol. The third kappa shape index (κ3) is 3330. The number of hydrogen-bond acceptors (Lipinski definition) is 1. The second-order valence-electron chi connectivity index (χ2n) is 0.204. The van der Waals surface area contributed by atoms with E-state index in [0.29, 0.717) is 0 Å². The molecule has 0 N–H and O–H groups in total. The molecule has 0 atom stereocenters. The maximum atomic E-state index is 8.68. The summed E-state index contributed by atoms with van der Waals surface area (Å²) in [5.74, 6) is 0. The second kappa shape index (κ2) is 33.4. The van der Waals surface area contributed by atoms with Gasteiger partial charge in [0.15, 0.2) is 0 Å². The number of rotatable bonds is 0. The first-order valence-corrected chi connectivity index (χ1v) is 1.89. The molecule has 0 aromatic heterocycles. The van der Waals surface area contributed by atoms with Crippen molar-refractivity contribution in [3.05, 3.63) is 0 Å². The van der Waals surface area contributed by atoms with Gasteiger partial charge in [-0.3, -0.25) is 6.29 Å². The molecule has 0 heterocycles. The monoisotopic (exact) mass is 109 g/mol. The van der Waals surface area contributed by atoms with E-state index in [1.54, 1.807) is 0 Å². The molecule has 0 aromatic rings. The van der Waals surface area contributed by atoms with E-state index in [0.717, 1.165) is 0 Å². The molecule has 0 aliphatic heterocycles. The van der Waals surface area contributed by atoms with Crippen molar-refractivity contribution in [3.8, 4) is 0 Å². The maximum absolute atomic E-state index is 8.68. The molecule has 5 heavy (non-hydrogen) atoms. The molecule has 0 unspecified atom stereocenters. The summed E-state index contributed by atoms with van der Waals surface area (Å²) in [6, 6.07) is 0. The predicted molar refractivity (Wildman–Crippen MR) is 18.5 cm³/mol. The molecule has 30 valence electrons. The Labute approximate surface area is 40.0 Å². The molecule has 0 spiro atoms. The van der Waals surface area contributed by atoms with Crippen LogP contribution in [0.2, 0.25) is 0 Å². The van der Waals surface area contributed by atoms with E-state index < -0.39 is 0 Å². The Morgan fingerprint density at radius 2 is 1.80 bits per heavy atom. The molecule has 0 rings (SSSR count). The van der Waals surface area contributed by atoms with Gasteiger partial charge in [0.05, 0.1) is 0 Å². The molecule has 1 nitrogen and oxygen atoms in total. The summed E-state index contributed by atoms with van der Waals surface area (Å²) in [4.78, 5) is 8.68. The van der Waals surface area contributed by atoms with Gasteiger partial charge in [-0.2, -0.15) is 6.92 Å². The molecular formula is C3H5CrO-. The van der Waals surface area contributed by atoms with Gasteiger partial charge >= 0.3 is 21.2 Å². The summed E-state index contributed by atoms with van der Waals surface area (Å²) >= 11 is 2.38. The van der Waals surface area contributed by atoms with Crippen LogP contribution in [-0.4, -0.2) is 11.7 Å². The Morgan fingerprint density at radius 3 is 1.80 bits per heavy atom. The Bertz CT molecular complexity index is 20.9. The minimum atomic E-state index is 1.32. The van der Waals surface area contributed by atoms with Gasteiger partial charge in [0.1, 0.15) is 0 Å². The van der Waals surface area contributed by atoms with Crippen LogP contribution in [0.15, 0.2) is 0 Å². The van der Waals surface area contributed by atoms with Crippen LogP contribution in [0.1, 0.15) is 6.92 Å². The van der Waals surface area contributed by atoms with Gasteiger partial charge in [-0.1, -0.05) is 0 Å². The van der Waals surface area contributed by atoms with E-state index in [1.807, 2.05) is 0 Å². The van der Waals surface area contributed by atoms with Gasteiger partial charge in [0.2, 0.25) is 0 Å². The first-order chi connectivity index (χ1) is 2.41. The van der Waals surface area contributed by atoms with Crippen molar-refractivity contribution in [3.63, 3.8) is 0 Å². The van der Waals surface area contributed by atoms with Crippen molar-refractivity contribution in [2.75, 3.05) is 0 Å². The van der Waals surface area contributed by atoms with E-state index in [1.165, 1.54) is 13.2 Å². The fourth-order valence-electron chi connectivity index (χ4n) is 0. The quantitative estimate of drug-likeness (QED) is 0.402. The first-order valence-electron chi connectivity index (χ1n) is 0.993. The zero-order valence-corrected chi connectivity index (χ0v) is 4.30. The van der Waals surface area contributed by atoms with Gasteiger partial charge in [-0.25, -0.2) is 0 Å². The van der Waals surface area contributed by atoms with Crippen molar-refractivity contribution < 1.29 is 20.6 Å². The van der Waals surface area contributed by atoms with E-state index in [9.17, 15) is 0 Å². The molecule has 0 bridgehead atoms. The van der Waals surface area contributed by atoms with Crippen LogP contribution < -0.4 is 0 Å². The third-order valence-electron chi connectivity index (χ3n) is 0. The normalized spacial score (nSPS) is 3.40. The molecule has 0 fully saturated rings. The van der Waals surface area contributed by atoms with Crippen molar-refractivity contribution >= 4 is 11.7 Å². The Hall–Kier alpha value is 0.0725. The zero-order chi connectivity index (χ0) is 4.71. The van der Waals surface area contributed by atoms with Gasteiger partial charge < -0.3 is 4.79 Å². The van der Waals surface area contributed by atoms with Crippen LogP contribution in [-0.2, 0) is 20.6 Å². The first kappa shape index (κ1) is 8.91. The number of hydrogen-bond donors (Lipinski definition) is 0. The van der Waals surface area contributed by atoms with Crippen LogP contribution in [0.25, 0.3) is 0 Å². The number of carbonyl (C=O) groups excluding carboxylic acids is 1. The van der Waals surface area contributed by atoms with Gasteiger partial charge in [0, 0.05) is 0 Å². The fourth-order valence-corrected chi connectivity index (χ4v) is 0. The van der Waals surface area contributed by atoms with Gasteiger partial charge in [-0.05, 0) is 0 Å². The van der Waals surface area contributed by atoms with E-state index >= 15 is 0 Å². The SMILES string of the molecule is C[C-]=O.[CH2]=[Cr]. The molecule has 0 radical (unpaired) electrons. The van der Waals surface area contributed by atoms with Crippen LogP contribution in [0.4, 0.5) is 0 Å². The summed E-state index contributed by atoms with van der Waals surface area (Å²) < 4.78 is 0. The van der Waals surface area contributed by atoms with Gasteiger partial charge in [0.25, 0.3) is 0 Å². The Kier molecular flexibility index (Phi) is 59.6. The van der Waals surface area contributed by atoms with Crippen LogP contribution in [0.3, 0.4) is 0 Å². The van der Waals surface area contributed by atoms with Crippen LogP contribution >= 0.6 is 0 Å². The topological polar surface area (TPSA) is 17.1 Å². The average Bonchev–Trinajstić information content (AvgIpc) is 1.46. The Morgan fingerprint density at radius 1 is 1.80 bits per heavy atom. The summed E-state index contributed by atoms with van der Waals surface area (Å²) in [7, 11) is 0. The van der Waals surface area contributed by atoms with Crippen molar-refractivity contribution in [1.82, 2.24) is 0 Å². The van der Waals surface area contributed by atoms with E-state index in [-0.39, 0.29) is 0 Å². The molecule has 0 aliphatic rings. The van der Waals surface area contributed by atoms with E-state index in [4.69, 9.17) is 4.79 Å². The zero-order valence-electron chi connectivity index (χ0n) is 3.02. The Balaban J connectivity index is 0. The third-order valence-corrected chi connectivity index (χ3v) is 0. The molecule has 0 aromatic carbocycles. The summed E-state index contributed by atoms with van der Waals surface area (Å²) in [5.41, 5.74) is 0. The summed E-state index contributed by atoms with van der Waals surface area (Å²) in [5, 5.41) is 3.12. The standard InChI is InChI=1S/C2H3O.CH2.Cr/c1-2-3;;/h1H3;1H2;/q-1;;. The molecule has 0 amide bonds. The molecule has 0 saturated heterocycles.